The van der Waals surface area contributed by atoms with Crippen molar-refractivity contribution >= 4 is 11.0 Å². The van der Waals surface area contributed by atoms with E-state index in [2.05, 4.69) is 18.7 Å². The minimum atomic E-state index is -0.570. The fourth-order valence-corrected chi connectivity index (χ4v) is 2.75. The first-order valence-corrected chi connectivity index (χ1v) is 7.95. The Morgan fingerprint density at radius 3 is 2.55 bits per heavy atom. The Hall–Kier alpha value is -1.88. The van der Waals surface area contributed by atoms with Crippen molar-refractivity contribution in [1.29, 1.82) is 0 Å². The molecule has 0 N–H and O–H groups in total. The zero-order chi connectivity index (χ0) is 16.1. The van der Waals surface area contributed by atoms with Crippen molar-refractivity contribution in [1.82, 2.24) is 9.47 Å². The van der Waals surface area contributed by atoms with Crippen LogP contribution in [0.1, 0.15) is 39.7 Å². The van der Waals surface area contributed by atoms with Crippen molar-refractivity contribution in [3.8, 4) is 0 Å². The molecule has 1 aromatic carbocycles. The maximum absolute atomic E-state index is 12.5. The summed E-state index contributed by atoms with van der Waals surface area (Å²) in [6.07, 6.45) is 1.72. The summed E-state index contributed by atoms with van der Waals surface area (Å²) in [7, 11) is 0. The molecular weight excluding hydrogens is 280 g/mol. The van der Waals surface area contributed by atoms with Gasteiger partial charge in [-0.1, -0.05) is 26.0 Å². The first kappa shape index (κ1) is 16.5. The number of rotatable bonds is 7. The fraction of sp³-hybridized carbons (Fsp3) is 0.529. The van der Waals surface area contributed by atoms with Crippen LogP contribution in [0.15, 0.2) is 38.3 Å². The van der Waals surface area contributed by atoms with Gasteiger partial charge in [-0.05, 0) is 51.5 Å². The number of fused-ring (bicyclic) bond motifs is 1. The van der Waals surface area contributed by atoms with Crippen molar-refractivity contribution < 1.29 is 4.42 Å². The molecule has 120 valence electrons. The molecule has 0 saturated heterocycles. The van der Waals surface area contributed by atoms with Gasteiger partial charge in [0, 0.05) is 6.04 Å². The number of hydrogen-bond donors (Lipinski definition) is 0. The van der Waals surface area contributed by atoms with Crippen LogP contribution in [0.5, 0.6) is 0 Å². The Balaban J connectivity index is 2.20. The smallest absolute Gasteiger partial charge is 0.409 e. The van der Waals surface area contributed by atoms with Crippen molar-refractivity contribution in [2.45, 2.75) is 39.7 Å². The number of benzene rings is 1. The van der Waals surface area contributed by atoms with E-state index in [4.69, 9.17) is 4.42 Å². The topological polar surface area (TPSA) is 55.5 Å². The highest BCUT2D eigenvalue weighted by molar-refractivity contribution is 5.74. The molecule has 2 rings (SSSR count). The second-order valence-corrected chi connectivity index (χ2v) is 5.56. The lowest BCUT2D eigenvalue weighted by Crippen LogP contribution is -2.35. The summed E-state index contributed by atoms with van der Waals surface area (Å²) in [4.78, 5) is 26.9. The van der Waals surface area contributed by atoms with Crippen LogP contribution in [0.4, 0.5) is 0 Å². The van der Waals surface area contributed by atoms with Crippen LogP contribution in [0, 0.1) is 0 Å². The van der Waals surface area contributed by atoms with Gasteiger partial charge >= 0.3 is 5.76 Å². The monoisotopic (exact) mass is 304 g/mol. The van der Waals surface area contributed by atoms with E-state index in [1.54, 1.807) is 24.3 Å². The van der Waals surface area contributed by atoms with E-state index in [-0.39, 0.29) is 11.6 Å². The van der Waals surface area contributed by atoms with Crippen LogP contribution in [-0.4, -0.2) is 29.1 Å². The van der Waals surface area contributed by atoms with Crippen molar-refractivity contribution in [2.24, 2.45) is 0 Å². The highest BCUT2D eigenvalue weighted by Gasteiger charge is 2.15. The predicted octanol–water partition coefficient (Wildman–Crippen LogP) is 2.64. The van der Waals surface area contributed by atoms with Crippen molar-refractivity contribution in [3.05, 3.63) is 45.2 Å². The van der Waals surface area contributed by atoms with Gasteiger partial charge < -0.3 is 9.32 Å². The molecule has 0 saturated carbocycles. The molecule has 2 aromatic rings. The van der Waals surface area contributed by atoms with Crippen LogP contribution in [0.2, 0.25) is 0 Å². The predicted molar refractivity (Wildman–Crippen MR) is 88.5 cm³/mol. The molecule has 0 fully saturated rings. The minimum absolute atomic E-state index is 0.163. The molecule has 5 nitrogen and oxygen atoms in total. The van der Waals surface area contributed by atoms with E-state index in [1.807, 2.05) is 6.92 Å². The lowest BCUT2D eigenvalue weighted by atomic mass is 10.1. The molecule has 1 atom stereocenters. The molecule has 5 heteroatoms. The van der Waals surface area contributed by atoms with Crippen LogP contribution in [0.3, 0.4) is 0 Å². The molecule has 1 aromatic heterocycles. The molecule has 0 bridgehead atoms. The summed E-state index contributed by atoms with van der Waals surface area (Å²) in [6.45, 7) is 9.18. The van der Waals surface area contributed by atoms with Crippen LogP contribution < -0.4 is 11.3 Å². The van der Waals surface area contributed by atoms with E-state index >= 15 is 0 Å². The normalized spacial score (nSPS) is 12.9. The summed E-state index contributed by atoms with van der Waals surface area (Å²) in [5.74, 6) is -0.570. The van der Waals surface area contributed by atoms with Gasteiger partial charge in [0.1, 0.15) is 5.58 Å². The second-order valence-electron chi connectivity index (χ2n) is 5.56. The zero-order valence-electron chi connectivity index (χ0n) is 13.5. The zero-order valence-corrected chi connectivity index (χ0v) is 13.5. The Morgan fingerprint density at radius 1 is 1.18 bits per heavy atom. The second kappa shape index (κ2) is 7.40. The molecule has 0 amide bonds. The third-order valence-electron chi connectivity index (χ3n) is 4.16. The quantitative estimate of drug-likeness (QED) is 0.789. The SMILES string of the molecule is CCN(CC)CCC[C@H](C)n1c(=O)oc2ccccc2c1=O. The number of aromatic nitrogens is 1. The molecular formula is C17H24N2O3. The largest absolute Gasteiger partial charge is 0.422 e. The maximum Gasteiger partial charge on any atom is 0.422 e. The number of nitrogens with zero attached hydrogens (tertiary/aromatic N) is 2. The van der Waals surface area contributed by atoms with E-state index in [0.29, 0.717) is 11.0 Å². The standard InChI is InChI=1S/C17H24N2O3/c1-4-18(5-2)12-8-9-13(3)19-16(20)14-10-6-7-11-15(14)22-17(19)21/h6-7,10-11,13H,4-5,8-9,12H2,1-3H3/t13-/m0/s1. The Kier molecular flexibility index (Phi) is 5.55. The Morgan fingerprint density at radius 2 is 1.86 bits per heavy atom. The van der Waals surface area contributed by atoms with Gasteiger partial charge in [0.25, 0.3) is 5.56 Å². The van der Waals surface area contributed by atoms with Gasteiger partial charge in [0.15, 0.2) is 0 Å². The van der Waals surface area contributed by atoms with Crippen LogP contribution in [-0.2, 0) is 0 Å². The first-order valence-electron chi connectivity index (χ1n) is 7.95. The Bertz CT molecular complexity index is 728. The fourth-order valence-electron chi connectivity index (χ4n) is 2.75. The van der Waals surface area contributed by atoms with E-state index in [0.717, 1.165) is 32.5 Å². The van der Waals surface area contributed by atoms with Crippen molar-refractivity contribution in [2.75, 3.05) is 19.6 Å². The van der Waals surface area contributed by atoms with Gasteiger partial charge in [-0.2, -0.15) is 0 Å². The molecule has 0 unspecified atom stereocenters. The highest BCUT2D eigenvalue weighted by atomic mass is 16.4. The number of hydrogen-bond acceptors (Lipinski definition) is 4. The first-order chi connectivity index (χ1) is 10.6. The van der Waals surface area contributed by atoms with E-state index < -0.39 is 5.76 Å². The molecule has 0 radical (unpaired) electrons. The van der Waals surface area contributed by atoms with Gasteiger partial charge in [-0.15, -0.1) is 0 Å². The molecule has 22 heavy (non-hydrogen) atoms. The van der Waals surface area contributed by atoms with Gasteiger partial charge in [-0.25, -0.2) is 9.36 Å². The lowest BCUT2D eigenvalue weighted by molar-refractivity contribution is 0.284. The van der Waals surface area contributed by atoms with Crippen molar-refractivity contribution in [3.63, 3.8) is 0 Å². The lowest BCUT2D eigenvalue weighted by Gasteiger charge is -2.19. The summed E-state index contributed by atoms with van der Waals surface area (Å²) in [5.41, 5.74) is 0.0891. The Labute approximate surface area is 130 Å². The average molecular weight is 304 g/mol. The third kappa shape index (κ3) is 3.47. The third-order valence-corrected chi connectivity index (χ3v) is 4.16. The van der Waals surface area contributed by atoms with E-state index in [1.165, 1.54) is 4.57 Å². The van der Waals surface area contributed by atoms with Gasteiger partial charge in [0.05, 0.1) is 5.39 Å². The number of para-hydroxylation sites is 1. The molecule has 0 spiro atoms. The molecule has 1 heterocycles. The highest BCUT2D eigenvalue weighted by Crippen LogP contribution is 2.12. The van der Waals surface area contributed by atoms with Crippen LogP contribution >= 0.6 is 0 Å². The summed E-state index contributed by atoms with van der Waals surface area (Å²) in [6, 6.07) is 6.71. The molecule has 0 aliphatic rings. The minimum Gasteiger partial charge on any atom is -0.409 e. The van der Waals surface area contributed by atoms with Gasteiger partial charge in [-0.3, -0.25) is 4.79 Å². The average Bonchev–Trinajstić information content (AvgIpc) is 2.51. The summed E-state index contributed by atoms with van der Waals surface area (Å²) < 4.78 is 6.50. The summed E-state index contributed by atoms with van der Waals surface area (Å²) >= 11 is 0. The van der Waals surface area contributed by atoms with Gasteiger partial charge in [0.2, 0.25) is 0 Å². The van der Waals surface area contributed by atoms with E-state index in [9.17, 15) is 9.59 Å². The molecule has 0 aliphatic carbocycles. The van der Waals surface area contributed by atoms with Crippen LogP contribution in [0.25, 0.3) is 11.0 Å². The maximum atomic E-state index is 12.5. The summed E-state index contributed by atoms with van der Waals surface area (Å²) in [5, 5.41) is 0.456. The molecule has 0 aliphatic heterocycles.